The van der Waals surface area contributed by atoms with Gasteiger partial charge in [-0.05, 0) is 12.1 Å². The van der Waals surface area contributed by atoms with E-state index in [1.807, 2.05) is 30.5 Å². The molecule has 4 rings (SSSR count). The Hall–Kier alpha value is -2.20. The Bertz CT molecular complexity index is 1090. The molecule has 1 unspecified atom stereocenters. The van der Waals surface area contributed by atoms with E-state index in [1.54, 1.807) is 0 Å². The molecule has 0 aromatic carbocycles. The minimum absolute atomic E-state index is 0.0578. The van der Waals surface area contributed by atoms with Crippen molar-refractivity contribution in [2.24, 2.45) is 11.0 Å². The van der Waals surface area contributed by atoms with E-state index in [-0.39, 0.29) is 23.3 Å². The van der Waals surface area contributed by atoms with Gasteiger partial charge in [0.2, 0.25) is 5.91 Å². The fraction of sp³-hybridized carbons (Fsp3) is 0.294. The molecule has 1 atom stereocenters. The number of aromatic nitrogens is 3. The second-order valence-corrected chi connectivity index (χ2v) is 8.68. The molecule has 0 bridgehead atoms. The van der Waals surface area contributed by atoms with Gasteiger partial charge >= 0.3 is 0 Å². The first-order chi connectivity index (χ1) is 13.3. The van der Waals surface area contributed by atoms with E-state index in [4.69, 9.17) is 23.2 Å². The molecule has 0 fully saturated rings. The highest BCUT2D eigenvalue weighted by molar-refractivity contribution is 7.22. The quantitative estimate of drug-likeness (QED) is 0.648. The zero-order valence-corrected chi connectivity index (χ0v) is 17.3. The number of nitrogens with zero attached hydrogens (tertiary/aromatic N) is 5. The lowest BCUT2D eigenvalue weighted by atomic mass is 10.1. The first-order valence-electron chi connectivity index (χ1n) is 8.44. The summed E-state index contributed by atoms with van der Waals surface area (Å²) < 4.78 is 3.52. The lowest BCUT2D eigenvalue weighted by Gasteiger charge is -2.32. The first kappa shape index (κ1) is 19.1. The summed E-state index contributed by atoms with van der Waals surface area (Å²) in [6.45, 7) is 3.83. The fourth-order valence-electron chi connectivity index (χ4n) is 3.03. The molecule has 3 aromatic heterocycles. The monoisotopic (exact) mass is 438 g/mol. The minimum atomic E-state index is -1.08. The van der Waals surface area contributed by atoms with Crippen LogP contribution < -0.4 is 5.32 Å². The number of hydrogen-bond acceptors (Lipinski definition) is 7. The normalized spacial score (nSPS) is 16.4. The van der Waals surface area contributed by atoms with Gasteiger partial charge in [0.1, 0.15) is 23.7 Å². The Kier molecular flexibility index (Phi) is 5.00. The first-order valence-corrected chi connectivity index (χ1v) is 10.0. The van der Waals surface area contributed by atoms with E-state index in [2.05, 4.69) is 20.4 Å². The van der Waals surface area contributed by atoms with Crippen LogP contribution in [-0.4, -0.2) is 42.9 Å². The summed E-state index contributed by atoms with van der Waals surface area (Å²) >= 11 is 13.5. The molecule has 11 heteroatoms. The summed E-state index contributed by atoms with van der Waals surface area (Å²) in [5, 5.41) is 19.5. The minimum Gasteiger partial charge on any atom is -0.367 e. The standard InChI is InChI=1S/C17H16Cl2N6O2S/c1-8(2)16-23-24(6-14(26)22-15-9(18)5-20-7-21-15)17(27)11-3-12-10(25(11)16)4-13(19)28-12/h3-5,7-8,17,27H,6H2,1-2H3,(H,20,21,22,26). The summed E-state index contributed by atoms with van der Waals surface area (Å²) in [4.78, 5) is 20.2. The van der Waals surface area contributed by atoms with Crippen LogP contribution in [0, 0.1) is 5.92 Å². The van der Waals surface area contributed by atoms with E-state index in [0.29, 0.717) is 10.0 Å². The van der Waals surface area contributed by atoms with Gasteiger partial charge in [-0.15, -0.1) is 11.3 Å². The van der Waals surface area contributed by atoms with Crippen LogP contribution in [0.3, 0.4) is 0 Å². The average molecular weight is 439 g/mol. The van der Waals surface area contributed by atoms with E-state index >= 15 is 0 Å². The fourth-order valence-corrected chi connectivity index (χ4v) is 4.35. The second kappa shape index (κ2) is 7.32. The van der Waals surface area contributed by atoms with Crippen molar-refractivity contribution in [3.8, 4) is 0 Å². The van der Waals surface area contributed by atoms with Crippen LogP contribution in [0.4, 0.5) is 5.82 Å². The number of nitrogens with one attached hydrogen (secondary N) is 1. The summed E-state index contributed by atoms with van der Waals surface area (Å²) in [6, 6.07) is 3.73. The highest BCUT2D eigenvalue weighted by Gasteiger charge is 2.32. The number of anilines is 1. The number of thiophene rings is 1. The van der Waals surface area contributed by atoms with Crippen molar-refractivity contribution in [3.63, 3.8) is 0 Å². The number of halogens is 2. The lowest BCUT2D eigenvalue weighted by Crippen LogP contribution is -2.40. The largest absolute Gasteiger partial charge is 0.367 e. The molecule has 1 aliphatic heterocycles. The third-order valence-corrected chi connectivity index (χ3v) is 5.72. The molecule has 0 saturated heterocycles. The third kappa shape index (κ3) is 3.35. The van der Waals surface area contributed by atoms with Gasteiger partial charge in [0, 0.05) is 5.92 Å². The molecule has 0 saturated carbocycles. The molecule has 1 aliphatic rings. The molecule has 0 radical (unpaired) electrons. The van der Waals surface area contributed by atoms with E-state index in [9.17, 15) is 9.90 Å². The van der Waals surface area contributed by atoms with Gasteiger partial charge in [-0.1, -0.05) is 37.0 Å². The zero-order valence-electron chi connectivity index (χ0n) is 14.9. The molecule has 3 aromatic rings. The lowest BCUT2D eigenvalue weighted by molar-refractivity contribution is -0.120. The van der Waals surface area contributed by atoms with Gasteiger partial charge in [0.05, 0.1) is 26.4 Å². The molecule has 8 nitrogen and oxygen atoms in total. The number of amides is 1. The molecule has 0 aliphatic carbocycles. The highest BCUT2D eigenvalue weighted by Crippen LogP contribution is 2.37. The van der Waals surface area contributed by atoms with Crippen molar-refractivity contribution in [1.29, 1.82) is 0 Å². The Morgan fingerprint density at radius 3 is 2.89 bits per heavy atom. The maximum absolute atomic E-state index is 12.5. The van der Waals surface area contributed by atoms with Crippen molar-refractivity contribution < 1.29 is 9.90 Å². The maximum Gasteiger partial charge on any atom is 0.246 e. The number of hydrazone groups is 1. The predicted octanol–water partition coefficient (Wildman–Crippen LogP) is 3.56. The number of carbonyl (C=O) groups excluding carboxylic acids is 1. The maximum atomic E-state index is 12.5. The second-order valence-electron chi connectivity index (χ2n) is 6.56. The van der Waals surface area contributed by atoms with Crippen molar-refractivity contribution >= 4 is 62.3 Å². The van der Waals surface area contributed by atoms with Crippen LogP contribution in [0.1, 0.15) is 25.8 Å². The third-order valence-electron chi connectivity index (χ3n) is 4.24. The van der Waals surface area contributed by atoms with Crippen LogP contribution in [0.15, 0.2) is 29.8 Å². The van der Waals surface area contributed by atoms with Gasteiger partial charge in [0.15, 0.2) is 12.0 Å². The van der Waals surface area contributed by atoms with E-state index in [1.165, 1.54) is 28.9 Å². The molecule has 0 spiro atoms. The van der Waals surface area contributed by atoms with E-state index < -0.39 is 12.1 Å². The number of carbonyl (C=O) groups is 1. The predicted molar refractivity (Wildman–Crippen MR) is 110 cm³/mol. The Morgan fingerprint density at radius 1 is 1.39 bits per heavy atom. The van der Waals surface area contributed by atoms with Crippen LogP contribution in [0.5, 0.6) is 0 Å². The highest BCUT2D eigenvalue weighted by atomic mass is 35.5. The van der Waals surface area contributed by atoms with Crippen LogP contribution >= 0.6 is 34.5 Å². The summed E-state index contributed by atoms with van der Waals surface area (Å²) in [5.74, 6) is 0.580. The van der Waals surface area contributed by atoms with Gasteiger partial charge in [0.25, 0.3) is 0 Å². The number of fused-ring (bicyclic) bond motifs is 3. The molecule has 28 heavy (non-hydrogen) atoms. The average Bonchev–Trinajstić information content (AvgIpc) is 3.15. The smallest absolute Gasteiger partial charge is 0.246 e. The van der Waals surface area contributed by atoms with Gasteiger partial charge in [-0.3, -0.25) is 14.4 Å². The Morgan fingerprint density at radius 2 is 2.18 bits per heavy atom. The SMILES string of the molecule is CC(C)C1=NN(CC(=O)Nc2ncncc2Cl)C(O)c2cc3sc(Cl)cc3n21. The number of rotatable bonds is 4. The Balaban J connectivity index is 1.64. The number of aliphatic hydroxyl groups is 1. The van der Waals surface area contributed by atoms with Crippen LogP contribution in [-0.2, 0) is 4.79 Å². The van der Waals surface area contributed by atoms with Crippen LogP contribution in [0.2, 0.25) is 9.36 Å². The van der Waals surface area contributed by atoms with Crippen molar-refractivity contribution in [3.05, 3.63) is 39.7 Å². The molecular formula is C17H16Cl2N6O2S. The summed E-state index contributed by atoms with van der Waals surface area (Å²) in [5.41, 5.74) is 1.54. The van der Waals surface area contributed by atoms with Gasteiger partial charge < -0.3 is 10.4 Å². The Labute approximate surface area is 174 Å². The zero-order chi connectivity index (χ0) is 20.0. The summed E-state index contributed by atoms with van der Waals surface area (Å²) in [6.07, 6.45) is 1.60. The summed E-state index contributed by atoms with van der Waals surface area (Å²) in [7, 11) is 0. The number of hydrogen-bond donors (Lipinski definition) is 2. The topological polar surface area (TPSA) is 95.6 Å². The van der Waals surface area contributed by atoms with Crippen LogP contribution in [0.25, 0.3) is 10.2 Å². The van der Waals surface area contributed by atoms with Gasteiger partial charge in [-0.2, -0.15) is 5.10 Å². The van der Waals surface area contributed by atoms with Gasteiger partial charge in [-0.25, -0.2) is 9.97 Å². The molecule has 4 heterocycles. The van der Waals surface area contributed by atoms with Crippen molar-refractivity contribution in [1.82, 2.24) is 19.5 Å². The molecule has 146 valence electrons. The van der Waals surface area contributed by atoms with E-state index in [0.717, 1.165) is 16.1 Å². The molecule has 2 N–H and O–H groups in total. The number of aliphatic hydroxyl groups excluding tert-OH is 1. The van der Waals surface area contributed by atoms with Crippen molar-refractivity contribution in [2.75, 3.05) is 11.9 Å². The van der Waals surface area contributed by atoms with Crippen molar-refractivity contribution in [2.45, 2.75) is 20.1 Å². The molecular weight excluding hydrogens is 423 g/mol. The molecule has 1 amide bonds.